The van der Waals surface area contributed by atoms with Crippen molar-refractivity contribution in [2.45, 2.75) is 26.3 Å². The van der Waals surface area contributed by atoms with Crippen LogP contribution in [-0.4, -0.2) is 16.5 Å². The summed E-state index contributed by atoms with van der Waals surface area (Å²) >= 11 is 0. The molecular weight excluding hydrogens is 202 g/mol. The Morgan fingerprint density at radius 3 is 2.69 bits per heavy atom. The standard InChI is InChI=1S/C12H17N3O/c1-8-10-7-9(16-4)5-6-15(10)11(14-8)12(2,3)13/h5-7H,13H2,1-4H3. The number of nitrogens with two attached hydrogens (primary N) is 1. The van der Waals surface area contributed by atoms with E-state index in [1.54, 1.807) is 7.11 Å². The van der Waals surface area contributed by atoms with Gasteiger partial charge in [0.2, 0.25) is 0 Å². The van der Waals surface area contributed by atoms with Crippen molar-refractivity contribution >= 4 is 5.52 Å². The smallest absolute Gasteiger partial charge is 0.133 e. The summed E-state index contributed by atoms with van der Waals surface area (Å²) in [5.41, 5.74) is 7.64. The SMILES string of the molecule is COc1ccn2c(C(C)(C)N)nc(C)c2c1. The largest absolute Gasteiger partial charge is 0.497 e. The third-order valence-corrected chi connectivity index (χ3v) is 2.61. The van der Waals surface area contributed by atoms with Crippen LogP contribution in [0.2, 0.25) is 0 Å². The van der Waals surface area contributed by atoms with Crippen LogP contribution in [0.15, 0.2) is 18.3 Å². The first-order valence-electron chi connectivity index (χ1n) is 5.25. The van der Waals surface area contributed by atoms with E-state index in [-0.39, 0.29) is 0 Å². The summed E-state index contributed by atoms with van der Waals surface area (Å²) in [4.78, 5) is 4.52. The van der Waals surface area contributed by atoms with Crippen LogP contribution in [0.1, 0.15) is 25.4 Å². The maximum Gasteiger partial charge on any atom is 0.133 e. The second-order valence-electron chi connectivity index (χ2n) is 4.56. The van der Waals surface area contributed by atoms with Gasteiger partial charge in [0, 0.05) is 12.3 Å². The topological polar surface area (TPSA) is 52.5 Å². The zero-order valence-corrected chi connectivity index (χ0v) is 10.1. The summed E-state index contributed by atoms with van der Waals surface area (Å²) in [6, 6.07) is 3.88. The number of fused-ring (bicyclic) bond motifs is 1. The summed E-state index contributed by atoms with van der Waals surface area (Å²) in [6.07, 6.45) is 1.94. The molecule has 2 rings (SSSR count). The molecule has 0 bridgehead atoms. The molecule has 0 aliphatic carbocycles. The van der Waals surface area contributed by atoms with E-state index in [9.17, 15) is 0 Å². The molecule has 0 unspecified atom stereocenters. The highest BCUT2D eigenvalue weighted by Crippen LogP contribution is 2.23. The van der Waals surface area contributed by atoms with E-state index >= 15 is 0 Å². The Balaban J connectivity index is 2.72. The van der Waals surface area contributed by atoms with Gasteiger partial charge in [-0.25, -0.2) is 4.98 Å². The molecule has 0 amide bonds. The highest BCUT2D eigenvalue weighted by molar-refractivity contribution is 5.56. The minimum absolute atomic E-state index is 0.453. The maximum atomic E-state index is 6.09. The first-order chi connectivity index (χ1) is 7.43. The number of nitrogens with zero attached hydrogens (tertiary/aromatic N) is 2. The molecule has 0 aliphatic rings. The van der Waals surface area contributed by atoms with Crippen LogP contribution < -0.4 is 10.5 Å². The lowest BCUT2D eigenvalue weighted by molar-refractivity contribution is 0.414. The van der Waals surface area contributed by atoms with Gasteiger partial charge in [0.15, 0.2) is 0 Å². The molecular formula is C12H17N3O. The van der Waals surface area contributed by atoms with Crippen molar-refractivity contribution in [1.82, 2.24) is 9.38 Å². The number of ether oxygens (including phenoxy) is 1. The van der Waals surface area contributed by atoms with Gasteiger partial charge in [-0.05, 0) is 26.8 Å². The lowest BCUT2D eigenvalue weighted by Gasteiger charge is -2.16. The summed E-state index contributed by atoms with van der Waals surface area (Å²) in [6.45, 7) is 5.88. The molecule has 4 nitrogen and oxygen atoms in total. The van der Waals surface area contributed by atoms with Crippen molar-refractivity contribution in [2.75, 3.05) is 7.11 Å². The molecule has 2 N–H and O–H groups in total. The van der Waals surface area contributed by atoms with E-state index in [1.165, 1.54) is 0 Å². The molecule has 0 saturated carbocycles. The summed E-state index contributed by atoms with van der Waals surface area (Å²) in [5.74, 6) is 1.69. The predicted molar refractivity (Wildman–Crippen MR) is 63.7 cm³/mol. The van der Waals surface area contributed by atoms with E-state index < -0.39 is 5.54 Å². The van der Waals surface area contributed by atoms with Crippen LogP contribution in [0, 0.1) is 6.92 Å². The van der Waals surface area contributed by atoms with Gasteiger partial charge in [0.05, 0.1) is 23.9 Å². The van der Waals surface area contributed by atoms with E-state index in [2.05, 4.69) is 4.98 Å². The van der Waals surface area contributed by atoms with Crippen molar-refractivity contribution in [3.05, 3.63) is 29.8 Å². The summed E-state index contributed by atoms with van der Waals surface area (Å²) < 4.78 is 7.21. The van der Waals surface area contributed by atoms with Gasteiger partial charge >= 0.3 is 0 Å². The molecule has 16 heavy (non-hydrogen) atoms. The average molecular weight is 219 g/mol. The lowest BCUT2D eigenvalue weighted by Crippen LogP contribution is -2.31. The summed E-state index contributed by atoms with van der Waals surface area (Å²) in [5, 5.41) is 0. The monoisotopic (exact) mass is 219 g/mol. The third-order valence-electron chi connectivity index (χ3n) is 2.61. The Bertz CT molecular complexity index is 523. The van der Waals surface area contributed by atoms with Gasteiger partial charge in [0.1, 0.15) is 11.6 Å². The van der Waals surface area contributed by atoms with Gasteiger partial charge in [-0.15, -0.1) is 0 Å². The number of hydrogen-bond donors (Lipinski definition) is 1. The molecule has 0 aromatic carbocycles. The number of rotatable bonds is 2. The van der Waals surface area contributed by atoms with Crippen molar-refractivity contribution in [2.24, 2.45) is 5.73 Å². The van der Waals surface area contributed by atoms with Crippen molar-refractivity contribution < 1.29 is 4.74 Å². The fraction of sp³-hybridized carbons (Fsp3) is 0.417. The predicted octanol–water partition coefficient (Wildman–Crippen LogP) is 1.85. The second kappa shape index (κ2) is 3.49. The Hall–Kier alpha value is -1.55. The minimum Gasteiger partial charge on any atom is -0.497 e. The molecule has 4 heteroatoms. The lowest BCUT2D eigenvalue weighted by atomic mass is 10.1. The highest BCUT2D eigenvalue weighted by atomic mass is 16.5. The zero-order chi connectivity index (χ0) is 11.9. The van der Waals surface area contributed by atoms with Crippen LogP contribution in [0.3, 0.4) is 0 Å². The maximum absolute atomic E-state index is 6.09. The molecule has 2 heterocycles. The van der Waals surface area contributed by atoms with E-state index in [1.807, 2.05) is 43.5 Å². The van der Waals surface area contributed by atoms with Crippen LogP contribution in [0.5, 0.6) is 5.75 Å². The number of aryl methyl sites for hydroxylation is 1. The molecule has 0 saturated heterocycles. The Labute approximate surface area is 95.0 Å². The first kappa shape index (κ1) is 11.0. The molecule has 0 spiro atoms. The summed E-state index contributed by atoms with van der Waals surface area (Å²) in [7, 11) is 1.66. The van der Waals surface area contributed by atoms with Crippen molar-refractivity contribution in [3.8, 4) is 5.75 Å². The second-order valence-corrected chi connectivity index (χ2v) is 4.56. The van der Waals surface area contributed by atoms with E-state index in [4.69, 9.17) is 10.5 Å². The molecule has 0 radical (unpaired) electrons. The number of pyridine rings is 1. The number of aromatic nitrogens is 2. The van der Waals surface area contributed by atoms with Crippen molar-refractivity contribution in [3.63, 3.8) is 0 Å². The molecule has 86 valence electrons. The molecule has 2 aromatic rings. The number of imidazole rings is 1. The number of hydrogen-bond acceptors (Lipinski definition) is 3. The normalized spacial score (nSPS) is 12.1. The Morgan fingerprint density at radius 1 is 1.44 bits per heavy atom. The van der Waals surface area contributed by atoms with E-state index in [0.717, 1.165) is 22.8 Å². The average Bonchev–Trinajstić information content (AvgIpc) is 2.55. The minimum atomic E-state index is -0.453. The van der Waals surface area contributed by atoms with Crippen LogP contribution in [-0.2, 0) is 5.54 Å². The van der Waals surface area contributed by atoms with Crippen molar-refractivity contribution in [1.29, 1.82) is 0 Å². The van der Waals surface area contributed by atoms with Gasteiger partial charge < -0.3 is 14.9 Å². The van der Waals surface area contributed by atoms with Gasteiger partial charge in [-0.3, -0.25) is 0 Å². The Morgan fingerprint density at radius 2 is 2.12 bits per heavy atom. The Kier molecular flexibility index (Phi) is 2.39. The molecule has 0 aliphatic heterocycles. The van der Waals surface area contributed by atoms with Crippen LogP contribution in [0.25, 0.3) is 5.52 Å². The highest BCUT2D eigenvalue weighted by Gasteiger charge is 2.21. The van der Waals surface area contributed by atoms with Crippen LogP contribution >= 0.6 is 0 Å². The zero-order valence-electron chi connectivity index (χ0n) is 10.1. The number of methoxy groups -OCH3 is 1. The van der Waals surface area contributed by atoms with E-state index in [0.29, 0.717) is 0 Å². The van der Waals surface area contributed by atoms with Gasteiger partial charge in [0.25, 0.3) is 0 Å². The van der Waals surface area contributed by atoms with Gasteiger partial charge in [-0.2, -0.15) is 0 Å². The fourth-order valence-electron chi connectivity index (χ4n) is 1.80. The molecule has 0 atom stereocenters. The third kappa shape index (κ3) is 1.65. The fourth-order valence-corrected chi connectivity index (χ4v) is 1.80. The van der Waals surface area contributed by atoms with Crippen LogP contribution in [0.4, 0.5) is 0 Å². The van der Waals surface area contributed by atoms with Gasteiger partial charge in [-0.1, -0.05) is 0 Å². The molecule has 2 aromatic heterocycles. The molecule has 0 fully saturated rings. The quantitative estimate of drug-likeness (QED) is 0.838. The first-order valence-corrected chi connectivity index (χ1v) is 5.25.